The summed E-state index contributed by atoms with van der Waals surface area (Å²) in [7, 11) is 1.62. The molecule has 6 heteroatoms. The molecule has 6 nitrogen and oxygen atoms in total. The van der Waals surface area contributed by atoms with Crippen LogP contribution in [-0.2, 0) is 6.54 Å². The lowest BCUT2D eigenvalue weighted by molar-refractivity contribution is 0.0950. The molecule has 0 aliphatic carbocycles. The summed E-state index contributed by atoms with van der Waals surface area (Å²) in [5.41, 5.74) is 4.15. The Morgan fingerprint density at radius 2 is 1.96 bits per heavy atom. The zero-order chi connectivity index (χ0) is 19.5. The number of nitrogens with zero attached hydrogens (tertiary/aromatic N) is 3. The second-order valence-corrected chi connectivity index (χ2v) is 6.50. The minimum Gasteiger partial charge on any atom is -0.497 e. The Kier molecular flexibility index (Phi) is 4.76. The molecule has 0 saturated heterocycles. The van der Waals surface area contributed by atoms with Gasteiger partial charge in [-0.25, -0.2) is 4.98 Å². The fraction of sp³-hybridized carbons (Fsp3) is 0.136. The van der Waals surface area contributed by atoms with E-state index in [1.165, 1.54) is 0 Å². The first-order valence-electron chi connectivity index (χ1n) is 8.95. The molecule has 0 aliphatic rings. The number of carbonyl (C=O) groups excluding carboxylic acids is 1. The fourth-order valence-electron chi connectivity index (χ4n) is 3.08. The summed E-state index contributed by atoms with van der Waals surface area (Å²) < 4.78 is 7.19. The van der Waals surface area contributed by atoms with Crippen molar-refractivity contribution >= 4 is 16.8 Å². The van der Waals surface area contributed by atoms with Gasteiger partial charge in [0, 0.05) is 30.0 Å². The Labute approximate surface area is 162 Å². The van der Waals surface area contributed by atoms with Gasteiger partial charge in [-0.05, 0) is 48.9 Å². The number of pyridine rings is 1. The molecule has 140 valence electrons. The molecule has 0 bridgehead atoms. The number of benzene rings is 2. The molecule has 2 heterocycles. The topological polar surface area (TPSA) is 69.0 Å². The van der Waals surface area contributed by atoms with Crippen LogP contribution < -0.4 is 10.1 Å². The largest absolute Gasteiger partial charge is 0.497 e. The first-order chi connectivity index (χ1) is 13.6. The average molecular weight is 372 g/mol. The van der Waals surface area contributed by atoms with E-state index in [9.17, 15) is 4.79 Å². The summed E-state index contributed by atoms with van der Waals surface area (Å²) in [6.07, 6.45) is 5.38. The number of aromatic nitrogens is 3. The third-order valence-corrected chi connectivity index (χ3v) is 4.65. The van der Waals surface area contributed by atoms with Gasteiger partial charge >= 0.3 is 0 Å². The summed E-state index contributed by atoms with van der Waals surface area (Å²) in [5, 5.41) is 3.85. The summed E-state index contributed by atoms with van der Waals surface area (Å²) in [4.78, 5) is 21.3. The lowest BCUT2D eigenvalue weighted by Gasteiger charge is -2.10. The van der Waals surface area contributed by atoms with E-state index in [4.69, 9.17) is 4.74 Å². The number of ether oxygens (including phenoxy) is 1. The molecule has 2 aromatic carbocycles. The average Bonchev–Trinajstić information content (AvgIpc) is 3.26. The Bertz CT molecular complexity index is 1120. The van der Waals surface area contributed by atoms with E-state index in [-0.39, 0.29) is 5.91 Å². The molecule has 1 N–H and O–H groups in total. The van der Waals surface area contributed by atoms with Crippen molar-refractivity contribution in [3.63, 3.8) is 0 Å². The maximum atomic E-state index is 12.7. The molecule has 0 saturated carbocycles. The van der Waals surface area contributed by atoms with Crippen molar-refractivity contribution < 1.29 is 9.53 Å². The van der Waals surface area contributed by atoms with Crippen molar-refractivity contribution in [2.24, 2.45) is 0 Å². The number of nitrogens with one attached hydrogen (secondary N) is 1. The number of amides is 1. The third kappa shape index (κ3) is 3.57. The van der Waals surface area contributed by atoms with Crippen LogP contribution in [0, 0.1) is 6.92 Å². The number of fused-ring (bicyclic) bond motifs is 1. The highest BCUT2D eigenvalue weighted by Crippen LogP contribution is 2.22. The van der Waals surface area contributed by atoms with E-state index in [0.29, 0.717) is 17.8 Å². The molecule has 4 aromatic rings. The lowest BCUT2D eigenvalue weighted by atomic mass is 10.1. The van der Waals surface area contributed by atoms with Crippen LogP contribution in [-0.4, -0.2) is 27.6 Å². The van der Waals surface area contributed by atoms with Gasteiger partial charge in [0.2, 0.25) is 0 Å². The number of methoxy groups -OCH3 is 1. The number of rotatable bonds is 5. The normalized spacial score (nSPS) is 10.8. The van der Waals surface area contributed by atoms with Crippen molar-refractivity contribution in [3.8, 4) is 11.4 Å². The van der Waals surface area contributed by atoms with E-state index in [2.05, 4.69) is 15.3 Å². The number of aryl methyl sites for hydroxylation is 1. The van der Waals surface area contributed by atoms with E-state index in [1.54, 1.807) is 19.6 Å². The van der Waals surface area contributed by atoms with Crippen LogP contribution in [0.3, 0.4) is 0 Å². The Morgan fingerprint density at radius 1 is 1.14 bits per heavy atom. The van der Waals surface area contributed by atoms with Crippen LogP contribution in [0.4, 0.5) is 0 Å². The predicted molar refractivity (Wildman–Crippen MR) is 108 cm³/mol. The zero-order valence-corrected chi connectivity index (χ0v) is 15.7. The molecule has 1 amide bonds. The Balaban J connectivity index is 1.49. The van der Waals surface area contributed by atoms with Gasteiger partial charge in [-0.1, -0.05) is 12.1 Å². The van der Waals surface area contributed by atoms with Gasteiger partial charge < -0.3 is 14.6 Å². The summed E-state index contributed by atoms with van der Waals surface area (Å²) in [6, 6.07) is 15.5. The highest BCUT2D eigenvalue weighted by Gasteiger charge is 2.12. The van der Waals surface area contributed by atoms with Crippen LogP contribution in [0.25, 0.3) is 16.6 Å². The highest BCUT2D eigenvalue weighted by atomic mass is 16.5. The minimum absolute atomic E-state index is 0.145. The standard InChI is InChI=1S/C22H20N4O2/c1-15-20(12-17-11-19(28-2)7-8-21(17)25-15)22(27)24-13-16-3-5-18(6-4-16)26-10-9-23-14-26/h3-12,14H,13H2,1-2H3,(H,24,27). The molecule has 0 atom stereocenters. The monoisotopic (exact) mass is 372 g/mol. The third-order valence-electron chi connectivity index (χ3n) is 4.65. The van der Waals surface area contributed by atoms with Crippen LogP contribution >= 0.6 is 0 Å². The van der Waals surface area contributed by atoms with Gasteiger partial charge in [0.1, 0.15) is 5.75 Å². The van der Waals surface area contributed by atoms with E-state index in [1.807, 2.05) is 66.2 Å². The maximum absolute atomic E-state index is 12.7. The van der Waals surface area contributed by atoms with Crippen molar-refractivity contribution in [3.05, 3.63) is 84.1 Å². The zero-order valence-electron chi connectivity index (χ0n) is 15.7. The molecule has 0 spiro atoms. The number of carbonyl (C=O) groups is 1. The van der Waals surface area contributed by atoms with Crippen LogP contribution in [0.15, 0.2) is 67.3 Å². The molecular weight excluding hydrogens is 352 g/mol. The molecule has 0 fully saturated rings. The van der Waals surface area contributed by atoms with Crippen LogP contribution in [0.2, 0.25) is 0 Å². The van der Waals surface area contributed by atoms with Crippen molar-refractivity contribution in [1.82, 2.24) is 19.9 Å². The van der Waals surface area contributed by atoms with Crippen LogP contribution in [0.1, 0.15) is 21.6 Å². The lowest BCUT2D eigenvalue weighted by Crippen LogP contribution is -2.24. The first kappa shape index (κ1) is 17.7. The number of hydrogen-bond acceptors (Lipinski definition) is 4. The SMILES string of the molecule is COc1ccc2nc(C)c(C(=O)NCc3ccc(-n4ccnc4)cc3)cc2c1. The van der Waals surface area contributed by atoms with Gasteiger partial charge in [0.05, 0.1) is 30.2 Å². The fourth-order valence-corrected chi connectivity index (χ4v) is 3.08. The molecule has 0 unspecified atom stereocenters. The quantitative estimate of drug-likeness (QED) is 0.580. The van der Waals surface area contributed by atoms with Gasteiger partial charge in [0.25, 0.3) is 5.91 Å². The smallest absolute Gasteiger partial charge is 0.253 e. The maximum Gasteiger partial charge on any atom is 0.253 e. The number of hydrogen-bond donors (Lipinski definition) is 1. The van der Waals surface area contributed by atoms with Crippen molar-refractivity contribution in [2.45, 2.75) is 13.5 Å². The van der Waals surface area contributed by atoms with Crippen LogP contribution in [0.5, 0.6) is 5.75 Å². The first-order valence-corrected chi connectivity index (χ1v) is 8.95. The molecule has 28 heavy (non-hydrogen) atoms. The van der Waals surface area contributed by atoms with Crippen molar-refractivity contribution in [2.75, 3.05) is 7.11 Å². The van der Waals surface area contributed by atoms with Gasteiger partial charge in [-0.15, -0.1) is 0 Å². The second kappa shape index (κ2) is 7.52. The molecular formula is C22H20N4O2. The summed E-state index contributed by atoms with van der Waals surface area (Å²) >= 11 is 0. The molecule has 0 radical (unpaired) electrons. The summed E-state index contributed by atoms with van der Waals surface area (Å²) in [6.45, 7) is 2.29. The number of imidazole rings is 1. The van der Waals surface area contributed by atoms with Gasteiger partial charge in [0.15, 0.2) is 0 Å². The van der Waals surface area contributed by atoms with Gasteiger partial charge in [-0.2, -0.15) is 0 Å². The van der Waals surface area contributed by atoms with Gasteiger partial charge in [-0.3, -0.25) is 9.78 Å². The van der Waals surface area contributed by atoms with E-state index >= 15 is 0 Å². The van der Waals surface area contributed by atoms with E-state index < -0.39 is 0 Å². The predicted octanol–water partition coefficient (Wildman–Crippen LogP) is 3.67. The Hall–Kier alpha value is -3.67. The second-order valence-electron chi connectivity index (χ2n) is 6.50. The minimum atomic E-state index is -0.145. The molecule has 2 aromatic heterocycles. The summed E-state index contributed by atoms with van der Waals surface area (Å²) in [5.74, 6) is 0.593. The van der Waals surface area contributed by atoms with E-state index in [0.717, 1.165) is 27.9 Å². The van der Waals surface area contributed by atoms with Crippen molar-refractivity contribution in [1.29, 1.82) is 0 Å². The Morgan fingerprint density at radius 3 is 2.68 bits per heavy atom. The molecule has 4 rings (SSSR count). The molecule has 0 aliphatic heterocycles. The highest BCUT2D eigenvalue weighted by molar-refractivity contribution is 5.98.